The third-order valence-electron chi connectivity index (χ3n) is 1.59. The predicted molar refractivity (Wildman–Crippen MR) is 64.9 cm³/mol. The van der Waals surface area contributed by atoms with Crippen LogP contribution in [0.4, 0.5) is 0 Å². The Labute approximate surface area is 119 Å². The molecule has 2 N–H and O–H groups in total. The fraction of sp³-hybridized carbons (Fsp3) is 1.00. The molecule has 15 heavy (non-hydrogen) atoms. The van der Waals surface area contributed by atoms with E-state index in [9.17, 15) is 0 Å². The van der Waals surface area contributed by atoms with Gasteiger partial charge in [0.05, 0.1) is 6.10 Å². The maximum absolute atomic E-state index is 8.08. The van der Waals surface area contributed by atoms with Gasteiger partial charge >= 0.3 is 0 Å². The normalized spacial score (nSPS) is 36.1. The van der Waals surface area contributed by atoms with Crippen LogP contribution in [0.15, 0.2) is 0 Å². The van der Waals surface area contributed by atoms with Gasteiger partial charge in [-0.2, -0.15) is 0 Å². The highest BCUT2D eigenvalue weighted by molar-refractivity contribution is 4.56. The molecular weight excluding hydrogens is 188 g/mol. The van der Waals surface area contributed by atoms with E-state index >= 15 is 0 Å². The van der Waals surface area contributed by atoms with E-state index in [-0.39, 0.29) is 19.4 Å². The molecule has 0 aromatic heterocycles. The van der Waals surface area contributed by atoms with Crippen LogP contribution in [0.25, 0.3) is 0 Å². The highest BCUT2D eigenvalue weighted by Crippen LogP contribution is 2.11. The lowest BCUT2D eigenvalue weighted by atomic mass is 10.0. The third-order valence-corrected chi connectivity index (χ3v) is 1.59. The van der Waals surface area contributed by atoms with Crippen molar-refractivity contribution in [1.82, 2.24) is 0 Å². The number of unbranched alkanes of at least 4 members (excludes halogenated alkanes) is 2. The van der Waals surface area contributed by atoms with Crippen molar-refractivity contribution in [2.24, 2.45) is 0 Å². The van der Waals surface area contributed by atoms with E-state index in [2.05, 4.69) is 10.2 Å². The Morgan fingerprint density at radius 1 is 1.20 bits per heavy atom. The van der Waals surface area contributed by atoms with E-state index in [4.69, 9.17) is 23.4 Å². The Bertz CT molecular complexity index is 600. The van der Waals surface area contributed by atoms with Crippen LogP contribution in [-0.2, 0) is 0 Å². The minimum absolute atomic E-state index is 0.0729. The molecule has 0 aromatic rings. The number of aliphatic hydroxyl groups excluding tert-OH is 2. The van der Waals surface area contributed by atoms with Crippen molar-refractivity contribution in [2.45, 2.75) is 76.9 Å². The smallest absolute Gasteiger partial charge is 0.210 e. The average Bonchev–Trinajstić information content (AvgIpc) is 2.62. The molecule has 1 unspecified atom stereocenters. The van der Waals surface area contributed by atoms with Crippen LogP contribution >= 0.6 is 0 Å². The lowest BCUT2D eigenvalue weighted by Gasteiger charge is -2.09. The maximum Gasteiger partial charge on any atom is 0.210 e. The zero-order chi connectivity index (χ0) is 26.0. The van der Waals surface area contributed by atoms with Gasteiger partial charge in [0.25, 0.3) is 0 Å². The second-order valence-corrected chi connectivity index (χ2v) is 2.81. The first kappa shape index (κ1) is 3.02. The van der Waals surface area contributed by atoms with Gasteiger partial charge in [0.15, 0.2) is 0 Å². The van der Waals surface area contributed by atoms with E-state index in [0.29, 0.717) is 12.8 Å². The molecule has 0 aliphatic carbocycles. The molecule has 2 heteroatoms. The SMILES string of the molecule is [2H]OCCCCCC(O[2H])C([2H])([2H])C([2H])([2H])C([2H])([2H])C([2H])([2H])C([2H])([2H])C([2H])([2H])C([2H])([2H])[2H]. The number of hydrogen-bond donors (Lipinski definition) is 2. The second-order valence-electron chi connectivity index (χ2n) is 2.81. The van der Waals surface area contributed by atoms with Crippen molar-refractivity contribution in [3.63, 3.8) is 0 Å². The van der Waals surface area contributed by atoms with Crippen LogP contribution in [0.5, 0.6) is 0 Å². The molecular formula is C13H28O2. The molecule has 0 amide bonds. The van der Waals surface area contributed by atoms with Crippen molar-refractivity contribution >= 4 is 0 Å². The summed E-state index contributed by atoms with van der Waals surface area (Å²) in [5.41, 5.74) is 0. The van der Waals surface area contributed by atoms with Crippen LogP contribution in [0, 0.1) is 0 Å². The molecule has 0 radical (unpaired) electrons. The summed E-state index contributed by atoms with van der Waals surface area (Å²) in [6.45, 7) is -3.68. The molecule has 0 aliphatic rings. The van der Waals surface area contributed by atoms with Crippen LogP contribution in [0.2, 0.25) is 0 Å². The van der Waals surface area contributed by atoms with E-state index in [0.717, 1.165) is 0 Å². The molecule has 0 heterocycles. The standard InChI is InChI=1S/C13H28O2/c1-2-3-4-5-7-10-13(15)11-8-6-9-12-14/h13-15H,2-12H2,1H3/i1D3,2D2,3D2,4D2,5D2,7D2,10D2,14D,15D. The van der Waals surface area contributed by atoms with Gasteiger partial charge in [0.2, 0.25) is 2.86 Å². The molecule has 0 saturated carbocycles. The minimum atomic E-state index is -4.19. The molecule has 1 atom stereocenters. The van der Waals surface area contributed by atoms with Crippen molar-refractivity contribution in [3.05, 3.63) is 0 Å². The lowest BCUT2D eigenvalue weighted by molar-refractivity contribution is 0.146. The fourth-order valence-electron chi connectivity index (χ4n) is 0.891. The monoisotopic (exact) mass is 233 g/mol. The van der Waals surface area contributed by atoms with Gasteiger partial charge in [-0.05, 0) is 19.2 Å². The Morgan fingerprint density at radius 2 is 2.13 bits per heavy atom. The summed E-state index contributed by atoms with van der Waals surface area (Å²) in [6.07, 6.45) is -25.1. The molecule has 0 aromatic carbocycles. The molecule has 2 nitrogen and oxygen atoms in total. The molecule has 0 rings (SSSR count). The van der Waals surface area contributed by atoms with Gasteiger partial charge in [-0.1, -0.05) is 51.6 Å². The number of hydrogen-bond acceptors (Lipinski definition) is 2. The van der Waals surface area contributed by atoms with Crippen LogP contribution < -0.4 is 0 Å². The Balaban J connectivity index is 6.17. The first-order valence-electron chi connectivity index (χ1n) is 13.0. The summed E-state index contributed by atoms with van der Waals surface area (Å²) < 4.78 is 130. The van der Waals surface area contributed by atoms with Crippen LogP contribution in [0.3, 0.4) is 0 Å². The summed E-state index contributed by atoms with van der Waals surface area (Å²) in [6, 6.07) is 0. The van der Waals surface area contributed by atoms with Crippen molar-refractivity contribution < 1.29 is 30.8 Å². The highest BCUT2D eigenvalue weighted by atomic mass is 16.3. The van der Waals surface area contributed by atoms with Gasteiger partial charge in [-0.15, -0.1) is 0 Å². The molecule has 92 valence electrons. The van der Waals surface area contributed by atoms with E-state index in [1.54, 1.807) is 0 Å². The zero-order valence-electron chi connectivity index (χ0n) is 25.4. The third kappa shape index (κ3) is 11.8. The summed E-state index contributed by atoms with van der Waals surface area (Å²) in [5, 5.41) is 8.35. The molecule has 0 fully saturated rings. The van der Waals surface area contributed by atoms with Gasteiger partial charge in [-0.25, -0.2) is 0 Å². The van der Waals surface area contributed by atoms with Gasteiger partial charge in [0, 0.05) is 27.2 Å². The second kappa shape index (κ2) is 12.0. The van der Waals surface area contributed by atoms with E-state index < -0.39 is 51.2 Å². The number of aliphatic hydroxyl groups is 2. The Morgan fingerprint density at radius 3 is 2.93 bits per heavy atom. The lowest BCUT2D eigenvalue weighted by Crippen LogP contribution is -2.06. The average molecular weight is 233 g/mol. The van der Waals surface area contributed by atoms with Gasteiger partial charge in [0.1, 0.15) is 0 Å². The quantitative estimate of drug-likeness (QED) is 0.479. The summed E-state index contributed by atoms with van der Waals surface area (Å²) >= 11 is 0. The summed E-state index contributed by atoms with van der Waals surface area (Å²) in [5.74, 6) is 0. The minimum Gasteiger partial charge on any atom is -0.396 e. The topological polar surface area (TPSA) is 40.5 Å². The van der Waals surface area contributed by atoms with Crippen molar-refractivity contribution in [3.8, 4) is 0 Å². The molecule has 0 saturated heterocycles. The molecule has 0 aliphatic heterocycles. The number of rotatable bonds is 13. The fourth-order valence-corrected chi connectivity index (χ4v) is 0.891. The first-order chi connectivity index (χ1) is 14.0. The Hall–Kier alpha value is -0.0800. The van der Waals surface area contributed by atoms with Crippen LogP contribution in [-0.4, -0.2) is 25.8 Å². The first-order valence-corrected chi connectivity index (χ1v) is 4.72. The summed E-state index contributed by atoms with van der Waals surface area (Å²) in [4.78, 5) is 0. The van der Waals surface area contributed by atoms with E-state index in [1.807, 2.05) is 0 Å². The maximum atomic E-state index is 8.08. The zero-order valence-corrected chi connectivity index (χ0v) is 8.43. The van der Waals surface area contributed by atoms with Crippen molar-refractivity contribution in [1.29, 1.82) is 2.86 Å². The molecule has 0 bridgehead atoms. The predicted octanol–water partition coefficient (Wildman–Crippen LogP) is 3.26. The van der Waals surface area contributed by atoms with Gasteiger partial charge < -0.3 is 10.2 Å². The van der Waals surface area contributed by atoms with Crippen LogP contribution in [0.1, 0.15) is 91.3 Å². The van der Waals surface area contributed by atoms with E-state index in [1.165, 1.54) is 0 Å². The van der Waals surface area contributed by atoms with Gasteiger partial charge in [-0.3, -0.25) is 0 Å². The largest absolute Gasteiger partial charge is 0.396 e. The highest BCUT2D eigenvalue weighted by Gasteiger charge is 2.03. The summed E-state index contributed by atoms with van der Waals surface area (Å²) in [7, 11) is 0. The van der Waals surface area contributed by atoms with Crippen molar-refractivity contribution in [2.75, 3.05) is 6.61 Å². The Kier molecular flexibility index (Phi) is 2.42. The molecule has 0 spiro atoms.